The summed E-state index contributed by atoms with van der Waals surface area (Å²) in [6.07, 6.45) is -0.355. The lowest BCUT2D eigenvalue weighted by Crippen LogP contribution is -2.38. The van der Waals surface area contributed by atoms with Crippen LogP contribution >= 0.6 is 23.4 Å². The van der Waals surface area contributed by atoms with Crippen molar-refractivity contribution in [2.75, 3.05) is 30.6 Å². The molecule has 2 fully saturated rings. The van der Waals surface area contributed by atoms with Crippen molar-refractivity contribution in [3.05, 3.63) is 17.2 Å². The van der Waals surface area contributed by atoms with Gasteiger partial charge in [0.25, 0.3) is 5.91 Å². The van der Waals surface area contributed by atoms with Gasteiger partial charge in [-0.25, -0.2) is 8.42 Å². The van der Waals surface area contributed by atoms with Gasteiger partial charge in [0.15, 0.2) is 15.0 Å². The second-order valence-electron chi connectivity index (χ2n) is 5.95. The van der Waals surface area contributed by atoms with Gasteiger partial charge in [-0.05, 0) is 6.07 Å². The molecule has 2 atom stereocenters. The zero-order valence-corrected chi connectivity index (χ0v) is 16.9. The van der Waals surface area contributed by atoms with E-state index in [0.29, 0.717) is 27.4 Å². The number of nitriles is 1. The maximum Gasteiger partial charge on any atom is 0.262 e. The second kappa shape index (κ2) is 7.58. The highest BCUT2D eigenvalue weighted by Crippen LogP contribution is 2.46. The molecule has 11 heteroatoms. The molecule has 2 aliphatic heterocycles. The van der Waals surface area contributed by atoms with Crippen molar-refractivity contribution in [3.8, 4) is 17.6 Å². The van der Waals surface area contributed by atoms with Gasteiger partial charge in [0, 0.05) is 11.3 Å². The fraction of sp³-hybridized carbons (Fsp3) is 0.438. The molecule has 3 rings (SSSR count). The van der Waals surface area contributed by atoms with E-state index < -0.39 is 21.8 Å². The molecule has 0 saturated carbocycles. The van der Waals surface area contributed by atoms with E-state index >= 15 is 0 Å². The van der Waals surface area contributed by atoms with Crippen molar-refractivity contribution in [1.82, 2.24) is 0 Å². The zero-order chi connectivity index (χ0) is 19.8. The molecule has 0 N–H and O–H groups in total. The number of ether oxygens (including phenoxy) is 2. The Morgan fingerprint density at radius 1 is 1.37 bits per heavy atom. The Balaban J connectivity index is 2.11. The monoisotopic (exact) mass is 429 g/mol. The van der Waals surface area contributed by atoms with Crippen LogP contribution in [0.3, 0.4) is 0 Å². The number of hydrogen-bond acceptors (Lipinski definition) is 7. The summed E-state index contributed by atoms with van der Waals surface area (Å²) < 4.78 is 34.8. The van der Waals surface area contributed by atoms with Crippen molar-refractivity contribution in [2.45, 2.75) is 17.7 Å². The van der Waals surface area contributed by atoms with Crippen LogP contribution in [-0.4, -0.2) is 56.5 Å². The minimum absolute atomic E-state index is 0.00348. The fourth-order valence-corrected chi connectivity index (χ4v) is 7.25. The van der Waals surface area contributed by atoms with Gasteiger partial charge in [-0.1, -0.05) is 23.4 Å². The number of fused-ring (bicyclic) bond motifs is 1. The van der Waals surface area contributed by atoms with Crippen LogP contribution in [0.1, 0.15) is 6.42 Å². The molecule has 0 aromatic heterocycles. The number of carbonyl (C=O) groups excluding carboxylic acids is 1. The van der Waals surface area contributed by atoms with Crippen molar-refractivity contribution >= 4 is 50.0 Å². The van der Waals surface area contributed by atoms with Gasteiger partial charge in [0.05, 0.1) is 48.5 Å². The molecule has 2 heterocycles. The van der Waals surface area contributed by atoms with E-state index in [1.165, 1.54) is 26.0 Å². The molecule has 27 heavy (non-hydrogen) atoms. The van der Waals surface area contributed by atoms with E-state index in [0.717, 1.165) is 0 Å². The highest BCUT2D eigenvalue weighted by molar-refractivity contribution is 8.16. The van der Waals surface area contributed by atoms with E-state index in [1.807, 2.05) is 0 Å². The quantitative estimate of drug-likeness (QED) is 0.713. The van der Waals surface area contributed by atoms with Crippen LogP contribution in [0, 0.1) is 11.3 Å². The fourth-order valence-electron chi connectivity index (χ4n) is 3.09. The average molecular weight is 430 g/mol. The number of methoxy groups -OCH3 is 2. The third-order valence-corrected chi connectivity index (χ3v) is 7.74. The molecular formula is C16H16ClN3O5S2. The van der Waals surface area contributed by atoms with Crippen LogP contribution in [0.25, 0.3) is 0 Å². The standard InChI is InChI=1S/C16H16ClN3O5S2/c1-24-12-6-13(25-2)10(5-9(12)17)20-11-7-27(22,23)8-14(11)26-16(20)19-15(21)3-4-18/h5-6,11,14H,3,7-8H2,1-2H3/t11-,14+/m0/s1. The van der Waals surface area contributed by atoms with Gasteiger partial charge in [0.1, 0.15) is 17.9 Å². The number of anilines is 1. The molecule has 1 amide bonds. The molecule has 8 nitrogen and oxygen atoms in total. The number of amidine groups is 1. The van der Waals surface area contributed by atoms with Gasteiger partial charge in [-0.3, -0.25) is 4.79 Å². The largest absolute Gasteiger partial charge is 0.495 e. The van der Waals surface area contributed by atoms with Crippen LogP contribution in [0.4, 0.5) is 5.69 Å². The highest BCUT2D eigenvalue weighted by atomic mass is 35.5. The Labute approximate surface area is 166 Å². The molecule has 0 unspecified atom stereocenters. The summed E-state index contributed by atoms with van der Waals surface area (Å²) in [6, 6.07) is 4.54. The lowest BCUT2D eigenvalue weighted by atomic mass is 10.2. The van der Waals surface area contributed by atoms with Crippen LogP contribution in [-0.2, 0) is 14.6 Å². The topological polar surface area (TPSA) is 109 Å². The Morgan fingerprint density at radius 3 is 2.70 bits per heavy atom. The number of sulfone groups is 1. The predicted octanol–water partition coefficient (Wildman–Crippen LogP) is 1.87. The third kappa shape index (κ3) is 3.85. The molecule has 0 aliphatic carbocycles. The Hall–Kier alpha value is -1.96. The van der Waals surface area contributed by atoms with Gasteiger partial charge in [-0.2, -0.15) is 10.3 Å². The first-order valence-electron chi connectivity index (χ1n) is 7.86. The van der Waals surface area contributed by atoms with E-state index in [-0.39, 0.29) is 23.2 Å². The minimum atomic E-state index is -3.20. The first-order valence-corrected chi connectivity index (χ1v) is 10.9. The summed E-state index contributed by atoms with van der Waals surface area (Å²) in [6.45, 7) is 0. The predicted molar refractivity (Wildman–Crippen MR) is 104 cm³/mol. The lowest BCUT2D eigenvalue weighted by Gasteiger charge is -2.26. The number of nitrogens with zero attached hydrogens (tertiary/aromatic N) is 3. The molecule has 1 aromatic rings. The van der Waals surface area contributed by atoms with Gasteiger partial charge in [0.2, 0.25) is 0 Å². The Morgan fingerprint density at radius 2 is 2.07 bits per heavy atom. The van der Waals surface area contributed by atoms with Crippen LogP contribution < -0.4 is 14.4 Å². The summed E-state index contributed by atoms with van der Waals surface area (Å²) in [5, 5.41) is 9.08. The molecule has 0 radical (unpaired) electrons. The number of carbonyl (C=O) groups is 1. The molecule has 1 aromatic carbocycles. The van der Waals surface area contributed by atoms with E-state index in [9.17, 15) is 13.2 Å². The molecule has 0 bridgehead atoms. The molecule has 2 saturated heterocycles. The SMILES string of the molecule is COc1cc(OC)c(N2C(=NC(=O)CC#N)S[C@@H]3CS(=O)(=O)C[C@@H]32)cc1Cl. The number of aliphatic imine (C=N–C) groups is 1. The van der Waals surface area contributed by atoms with Crippen LogP contribution in [0.15, 0.2) is 17.1 Å². The number of rotatable bonds is 4. The van der Waals surface area contributed by atoms with Gasteiger partial charge < -0.3 is 14.4 Å². The van der Waals surface area contributed by atoms with Crippen LogP contribution in [0.5, 0.6) is 11.5 Å². The average Bonchev–Trinajstić information content (AvgIpc) is 3.05. The van der Waals surface area contributed by atoms with Crippen molar-refractivity contribution in [2.24, 2.45) is 4.99 Å². The van der Waals surface area contributed by atoms with Crippen molar-refractivity contribution in [3.63, 3.8) is 0 Å². The Bertz CT molecular complexity index is 958. The minimum Gasteiger partial charge on any atom is -0.495 e. The normalized spacial score (nSPS) is 24.5. The summed E-state index contributed by atoms with van der Waals surface area (Å²) in [5.74, 6) is 0.145. The molecule has 0 spiro atoms. The zero-order valence-electron chi connectivity index (χ0n) is 14.5. The van der Waals surface area contributed by atoms with E-state index in [4.69, 9.17) is 26.3 Å². The third-order valence-electron chi connectivity index (χ3n) is 4.23. The first-order chi connectivity index (χ1) is 12.8. The summed E-state index contributed by atoms with van der Waals surface area (Å²) in [4.78, 5) is 17.6. The maximum atomic E-state index is 12.1. The number of hydrogen-bond donors (Lipinski definition) is 0. The van der Waals surface area contributed by atoms with Gasteiger partial charge >= 0.3 is 0 Å². The van der Waals surface area contributed by atoms with E-state index in [2.05, 4.69) is 4.99 Å². The lowest BCUT2D eigenvalue weighted by molar-refractivity contribution is -0.116. The number of thioether (sulfide) groups is 1. The summed E-state index contributed by atoms with van der Waals surface area (Å²) >= 11 is 7.47. The smallest absolute Gasteiger partial charge is 0.262 e. The maximum absolute atomic E-state index is 12.1. The van der Waals surface area contributed by atoms with Gasteiger partial charge in [-0.15, -0.1) is 0 Å². The van der Waals surface area contributed by atoms with Crippen molar-refractivity contribution < 1.29 is 22.7 Å². The summed E-state index contributed by atoms with van der Waals surface area (Å²) in [5.41, 5.74) is 0.490. The van der Waals surface area contributed by atoms with Crippen molar-refractivity contribution in [1.29, 1.82) is 5.26 Å². The highest BCUT2D eigenvalue weighted by Gasteiger charge is 2.50. The number of benzene rings is 1. The molecular weight excluding hydrogens is 414 g/mol. The summed E-state index contributed by atoms with van der Waals surface area (Å²) in [7, 11) is -0.265. The van der Waals surface area contributed by atoms with E-state index in [1.54, 1.807) is 23.1 Å². The molecule has 2 aliphatic rings. The number of amides is 1. The van der Waals surface area contributed by atoms with Crippen LogP contribution in [0.2, 0.25) is 5.02 Å². The number of halogens is 1. The second-order valence-corrected chi connectivity index (χ2v) is 9.72. The molecule has 144 valence electrons. The Kier molecular flexibility index (Phi) is 5.55. The first kappa shape index (κ1) is 19.8.